The minimum atomic E-state index is -0.502. The third kappa shape index (κ3) is 2.45. The molecule has 1 aliphatic carbocycles. The van der Waals surface area contributed by atoms with Crippen molar-refractivity contribution in [2.75, 3.05) is 6.61 Å². The number of hydrogen-bond donors (Lipinski definition) is 2. The molecule has 1 fully saturated rings. The molecule has 1 saturated carbocycles. The van der Waals surface area contributed by atoms with E-state index >= 15 is 0 Å². The number of amides is 1. The standard InChI is InChI=1S/C16H18FNO2S/c1-10-13-11(17)5-4-6-12(13)21-14(10)15(20)18-16(9-19)7-2-3-8-16/h4-6,19H,2-3,7-9H2,1H3,(H,18,20). The molecule has 1 aliphatic rings. The maximum Gasteiger partial charge on any atom is 0.262 e. The van der Waals surface area contributed by atoms with E-state index in [4.69, 9.17) is 0 Å². The molecule has 0 bridgehead atoms. The molecule has 0 aliphatic heterocycles. The number of benzene rings is 1. The minimum Gasteiger partial charge on any atom is -0.394 e. The Morgan fingerprint density at radius 2 is 2.14 bits per heavy atom. The predicted octanol–water partition coefficient (Wildman–Crippen LogP) is 3.38. The Kier molecular flexibility index (Phi) is 3.71. The van der Waals surface area contributed by atoms with Crippen LogP contribution in [0.15, 0.2) is 18.2 Å². The number of carbonyl (C=O) groups is 1. The van der Waals surface area contributed by atoms with E-state index in [0.717, 1.165) is 30.4 Å². The molecule has 1 amide bonds. The third-order valence-electron chi connectivity index (χ3n) is 4.35. The molecule has 0 atom stereocenters. The first-order chi connectivity index (χ1) is 10.1. The van der Waals surface area contributed by atoms with Gasteiger partial charge in [0, 0.05) is 10.1 Å². The molecule has 3 rings (SSSR count). The highest BCUT2D eigenvalue weighted by Crippen LogP contribution is 2.34. The summed E-state index contributed by atoms with van der Waals surface area (Å²) in [4.78, 5) is 13.1. The van der Waals surface area contributed by atoms with Gasteiger partial charge < -0.3 is 10.4 Å². The molecule has 21 heavy (non-hydrogen) atoms. The molecule has 5 heteroatoms. The summed E-state index contributed by atoms with van der Waals surface area (Å²) >= 11 is 1.31. The van der Waals surface area contributed by atoms with Crippen LogP contribution < -0.4 is 5.32 Å². The maximum absolute atomic E-state index is 13.9. The summed E-state index contributed by atoms with van der Waals surface area (Å²) in [6.07, 6.45) is 3.63. The number of aryl methyl sites for hydroxylation is 1. The lowest BCUT2D eigenvalue weighted by Gasteiger charge is -2.27. The highest BCUT2D eigenvalue weighted by molar-refractivity contribution is 7.21. The summed E-state index contributed by atoms with van der Waals surface area (Å²) in [6, 6.07) is 4.89. The van der Waals surface area contributed by atoms with Gasteiger partial charge in [-0.15, -0.1) is 11.3 Å². The van der Waals surface area contributed by atoms with Gasteiger partial charge in [-0.05, 0) is 37.5 Å². The second-order valence-corrected chi connectivity index (χ2v) is 6.82. The normalized spacial score (nSPS) is 17.3. The van der Waals surface area contributed by atoms with Gasteiger partial charge in [-0.2, -0.15) is 0 Å². The molecule has 2 aromatic rings. The Morgan fingerprint density at radius 1 is 1.43 bits per heavy atom. The topological polar surface area (TPSA) is 49.3 Å². The maximum atomic E-state index is 13.9. The highest BCUT2D eigenvalue weighted by Gasteiger charge is 2.35. The molecule has 1 heterocycles. The van der Waals surface area contributed by atoms with Crippen molar-refractivity contribution in [3.8, 4) is 0 Å². The second kappa shape index (κ2) is 5.39. The Bertz CT molecular complexity index is 689. The number of rotatable bonds is 3. The molecule has 0 radical (unpaired) electrons. The zero-order chi connectivity index (χ0) is 15.0. The first-order valence-electron chi connectivity index (χ1n) is 7.17. The summed E-state index contributed by atoms with van der Waals surface area (Å²) in [7, 11) is 0. The van der Waals surface area contributed by atoms with Crippen LogP contribution in [0.3, 0.4) is 0 Å². The largest absolute Gasteiger partial charge is 0.394 e. The second-order valence-electron chi connectivity index (χ2n) is 5.77. The van der Waals surface area contributed by atoms with Crippen molar-refractivity contribution in [1.82, 2.24) is 5.32 Å². The van der Waals surface area contributed by atoms with E-state index in [1.54, 1.807) is 13.0 Å². The van der Waals surface area contributed by atoms with Crippen LogP contribution in [0.25, 0.3) is 10.1 Å². The van der Waals surface area contributed by atoms with Gasteiger partial charge in [-0.3, -0.25) is 4.79 Å². The Balaban J connectivity index is 1.95. The monoisotopic (exact) mass is 307 g/mol. The van der Waals surface area contributed by atoms with Crippen LogP contribution in [0.1, 0.15) is 40.9 Å². The van der Waals surface area contributed by atoms with Gasteiger partial charge in [0.2, 0.25) is 0 Å². The van der Waals surface area contributed by atoms with Crippen LogP contribution in [-0.4, -0.2) is 23.2 Å². The van der Waals surface area contributed by atoms with Gasteiger partial charge in [0.15, 0.2) is 0 Å². The highest BCUT2D eigenvalue weighted by atomic mass is 32.1. The summed E-state index contributed by atoms with van der Waals surface area (Å²) in [6.45, 7) is 1.73. The Hall–Kier alpha value is -1.46. The number of halogens is 1. The fourth-order valence-corrected chi connectivity index (χ4v) is 4.26. The number of fused-ring (bicyclic) bond motifs is 1. The van der Waals surface area contributed by atoms with Crippen LogP contribution in [0, 0.1) is 12.7 Å². The van der Waals surface area contributed by atoms with Crippen molar-refractivity contribution in [2.45, 2.75) is 38.1 Å². The average molecular weight is 307 g/mol. The van der Waals surface area contributed by atoms with E-state index in [1.165, 1.54) is 17.4 Å². The van der Waals surface area contributed by atoms with Crippen molar-refractivity contribution in [1.29, 1.82) is 0 Å². The molecular weight excluding hydrogens is 289 g/mol. The van der Waals surface area contributed by atoms with Crippen molar-refractivity contribution in [3.63, 3.8) is 0 Å². The molecule has 1 aromatic heterocycles. The van der Waals surface area contributed by atoms with Crippen molar-refractivity contribution < 1.29 is 14.3 Å². The number of nitrogens with one attached hydrogen (secondary N) is 1. The Morgan fingerprint density at radius 3 is 2.76 bits per heavy atom. The zero-order valence-electron chi connectivity index (χ0n) is 11.9. The SMILES string of the molecule is Cc1c(C(=O)NC2(CO)CCCC2)sc2cccc(F)c12. The van der Waals surface area contributed by atoms with Crippen LogP contribution in [-0.2, 0) is 0 Å². The van der Waals surface area contributed by atoms with Gasteiger partial charge in [-0.25, -0.2) is 4.39 Å². The summed E-state index contributed by atoms with van der Waals surface area (Å²) in [5, 5.41) is 13.1. The molecule has 112 valence electrons. The van der Waals surface area contributed by atoms with E-state index in [1.807, 2.05) is 6.07 Å². The van der Waals surface area contributed by atoms with E-state index in [2.05, 4.69) is 5.32 Å². The van der Waals surface area contributed by atoms with E-state index in [9.17, 15) is 14.3 Å². The number of aliphatic hydroxyl groups excluding tert-OH is 1. The number of carbonyl (C=O) groups excluding carboxylic acids is 1. The fourth-order valence-electron chi connectivity index (χ4n) is 3.14. The number of thiophene rings is 1. The summed E-state index contributed by atoms with van der Waals surface area (Å²) in [5.74, 6) is -0.498. The van der Waals surface area contributed by atoms with Gasteiger partial charge in [-0.1, -0.05) is 18.9 Å². The van der Waals surface area contributed by atoms with Crippen molar-refractivity contribution >= 4 is 27.3 Å². The van der Waals surface area contributed by atoms with Crippen molar-refractivity contribution in [3.05, 3.63) is 34.5 Å². The summed E-state index contributed by atoms with van der Waals surface area (Å²) < 4.78 is 14.7. The molecule has 0 spiro atoms. The lowest BCUT2D eigenvalue weighted by Crippen LogP contribution is -2.49. The quantitative estimate of drug-likeness (QED) is 0.913. The minimum absolute atomic E-state index is 0.0446. The number of aliphatic hydroxyl groups is 1. The first kappa shape index (κ1) is 14.5. The average Bonchev–Trinajstić information content (AvgIpc) is 3.05. The van der Waals surface area contributed by atoms with E-state index in [0.29, 0.717) is 15.8 Å². The van der Waals surface area contributed by atoms with Crippen LogP contribution in [0.2, 0.25) is 0 Å². The molecule has 0 unspecified atom stereocenters. The van der Waals surface area contributed by atoms with E-state index in [-0.39, 0.29) is 18.3 Å². The van der Waals surface area contributed by atoms with Gasteiger partial charge in [0.25, 0.3) is 5.91 Å². The fraction of sp³-hybridized carbons (Fsp3) is 0.438. The van der Waals surface area contributed by atoms with Gasteiger partial charge in [0.05, 0.1) is 17.0 Å². The van der Waals surface area contributed by atoms with Crippen LogP contribution in [0.5, 0.6) is 0 Å². The smallest absolute Gasteiger partial charge is 0.262 e. The summed E-state index contributed by atoms with van der Waals surface area (Å²) in [5.41, 5.74) is 0.176. The predicted molar refractivity (Wildman–Crippen MR) is 82.3 cm³/mol. The number of hydrogen-bond acceptors (Lipinski definition) is 3. The zero-order valence-corrected chi connectivity index (χ0v) is 12.7. The van der Waals surface area contributed by atoms with Gasteiger partial charge in [0.1, 0.15) is 5.82 Å². The van der Waals surface area contributed by atoms with Crippen molar-refractivity contribution in [2.24, 2.45) is 0 Å². The van der Waals surface area contributed by atoms with Crippen LogP contribution >= 0.6 is 11.3 Å². The van der Waals surface area contributed by atoms with Crippen LogP contribution in [0.4, 0.5) is 4.39 Å². The molecule has 1 aromatic carbocycles. The first-order valence-corrected chi connectivity index (χ1v) is 7.99. The molecular formula is C16H18FNO2S. The lowest BCUT2D eigenvalue weighted by molar-refractivity contribution is 0.0842. The molecule has 2 N–H and O–H groups in total. The van der Waals surface area contributed by atoms with E-state index < -0.39 is 5.54 Å². The Labute approximate surface area is 126 Å². The molecule has 3 nitrogen and oxygen atoms in total. The molecule has 0 saturated heterocycles. The third-order valence-corrected chi connectivity index (χ3v) is 5.61. The lowest BCUT2D eigenvalue weighted by atomic mass is 9.98. The van der Waals surface area contributed by atoms with Gasteiger partial charge >= 0.3 is 0 Å².